The quantitative estimate of drug-likeness (QED) is 0.645. The molecule has 2 aromatic carbocycles. The first-order chi connectivity index (χ1) is 14.2. The molecule has 1 aliphatic heterocycles. The van der Waals surface area contributed by atoms with Crippen molar-refractivity contribution in [2.75, 3.05) is 29.5 Å². The van der Waals surface area contributed by atoms with E-state index in [9.17, 15) is 4.79 Å². The Morgan fingerprint density at radius 2 is 1.86 bits per heavy atom. The third-order valence-corrected chi connectivity index (χ3v) is 6.26. The molecule has 3 aromatic rings. The summed E-state index contributed by atoms with van der Waals surface area (Å²) in [5.74, 6) is 2.23. The number of nitrogens with one attached hydrogen (secondary N) is 1. The van der Waals surface area contributed by atoms with E-state index in [1.54, 1.807) is 17.1 Å². The third kappa shape index (κ3) is 5.14. The summed E-state index contributed by atoms with van der Waals surface area (Å²) in [5.41, 5.74) is 3.84. The Kier molecular flexibility index (Phi) is 6.42. The average Bonchev–Trinajstić information content (AvgIpc) is 3.23. The van der Waals surface area contributed by atoms with Gasteiger partial charge in [-0.2, -0.15) is 16.9 Å². The number of anilines is 1. The maximum absolute atomic E-state index is 12.5. The van der Waals surface area contributed by atoms with Gasteiger partial charge in [-0.05, 0) is 29.3 Å². The number of carbonyl (C=O) groups is 1. The van der Waals surface area contributed by atoms with Gasteiger partial charge in [0.2, 0.25) is 0 Å². The maximum Gasteiger partial charge on any atom is 0.254 e. The SMILES string of the molecule is O=C(NCc1ccc(N2CCSCC2)cc1)c1cnn(Cc2ccccc2Cl)c1. The molecule has 7 heteroatoms. The highest BCUT2D eigenvalue weighted by Crippen LogP contribution is 2.20. The van der Waals surface area contributed by atoms with Crippen molar-refractivity contribution >= 4 is 35.0 Å². The van der Waals surface area contributed by atoms with Crippen LogP contribution in [0.2, 0.25) is 5.02 Å². The van der Waals surface area contributed by atoms with Crippen molar-refractivity contribution in [2.24, 2.45) is 0 Å². The zero-order valence-electron chi connectivity index (χ0n) is 16.1. The highest BCUT2D eigenvalue weighted by Gasteiger charge is 2.12. The molecule has 1 aliphatic rings. The Balaban J connectivity index is 1.32. The number of carbonyl (C=O) groups excluding carboxylic acids is 1. The van der Waals surface area contributed by atoms with E-state index in [-0.39, 0.29) is 5.91 Å². The minimum atomic E-state index is -0.132. The first kappa shape index (κ1) is 19.9. The van der Waals surface area contributed by atoms with Crippen molar-refractivity contribution in [3.05, 3.63) is 82.6 Å². The first-order valence-corrected chi connectivity index (χ1v) is 11.2. The smallest absolute Gasteiger partial charge is 0.254 e. The van der Waals surface area contributed by atoms with Crippen LogP contribution in [0, 0.1) is 0 Å². The van der Waals surface area contributed by atoms with Crippen LogP contribution in [0.15, 0.2) is 60.9 Å². The number of benzene rings is 2. The van der Waals surface area contributed by atoms with Crippen LogP contribution in [-0.4, -0.2) is 40.3 Å². The molecular formula is C22H23ClN4OS. The molecule has 1 fully saturated rings. The van der Waals surface area contributed by atoms with Crippen LogP contribution in [0.4, 0.5) is 5.69 Å². The number of halogens is 1. The fraction of sp³-hybridized carbons (Fsp3) is 0.273. The summed E-state index contributed by atoms with van der Waals surface area (Å²) in [4.78, 5) is 14.9. The molecule has 0 spiro atoms. The van der Waals surface area contributed by atoms with Crippen LogP contribution < -0.4 is 10.2 Å². The molecule has 0 aliphatic carbocycles. The summed E-state index contributed by atoms with van der Waals surface area (Å²) in [6, 6.07) is 16.1. The number of amides is 1. The van der Waals surface area contributed by atoms with Gasteiger partial charge in [0.05, 0.1) is 18.3 Å². The van der Waals surface area contributed by atoms with Crippen LogP contribution in [0.5, 0.6) is 0 Å². The van der Waals surface area contributed by atoms with E-state index in [4.69, 9.17) is 11.6 Å². The molecule has 2 heterocycles. The summed E-state index contributed by atoms with van der Waals surface area (Å²) < 4.78 is 1.72. The second-order valence-corrected chi connectivity index (χ2v) is 8.60. The second kappa shape index (κ2) is 9.37. The molecule has 1 saturated heterocycles. The molecule has 4 rings (SSSR count). The lowest BCUT2D eigenvalue weighted by Crippen LogP contribution is -2.32. The van der Waals surface area contributed by atoms with E-state index in [2.05, 4.69) is 39.6 Å². The molecule has 1 amide bonds. The maximum atomic E-state index is 12.5. The highest BCUT2D eigenvalue weighted by atomic mass is 35.5. The largest absolute Gasteiger partial charge is 0.370 e. The van der Waals surface area contributed by atoms with Crippen LogP contribution in [0.3, 0.4) is 0 Å². The van der Waals surface area contributed by atoms with Crippen LogP contribution >= 0.6 is 23.4 Å². The monoisotopic (exact) mass is 426 g/mol. The van der Waals surface area contributed by atoms with Gasteiger partial charge in [0, 0.05) is 48.0 Å². The number of hydrogen-bond donors (Lipinski definition) is 1. The molecular weight excluding hydrogens is 404 g/mol. The predicted octanol–water partition coefficient (Wildman–Crippen LogP) is 4.07. The molecule has 0 bridgehead atoms. The van der Waals surface area contributed by atoms with Gasteiger partial charge in [0.25, 0.3) is 5.91 Å². The summed E-state index contributed by atoms with van der Waals surface area (Å²) in [6.45, 7) is 3.21. The molecule has 5 nitrogen and oxygen atoms in total. The average molecular weight is 427 g/mol. The van der Waals surface area contributed by atoms with Gasteiger partial charge in [-0.15, -0.1) is 0 Å². The second-order valence-electron chi connectivity index (χ2n) is 6.97. The van der Waals surface area contributed by atoms with Gasteiger partial charge in [0.15, 0.2) is 0 Å². The summed E-state index contributed by atoms with van der Waals surface area (Å²) in [5, 5.41) is 7.94. The minimum Gasteiger partial charge on any atom is -0.370 e. The number of thioether (sulfide) groups is 1. The Bertz CT molecular complexity index is 967. The Morgan fingerprint density at radius 1 is 1.10 bits per heavy atom. The van der Waals surface area contributed by atoms with Crippen molar-refractivity contribution in [3.8, 4) is 0 Å². The van der Waals surface area contributed by atoms with Gasteiger partial charge in [-0.3, -0.25) is 9.48 Å². The Labute approximate surface area is 180 Å². The molecule has 0 radical (unpaired) electrons. The van der Waals surface area contributed by atoms with Crippen molar-refractivity contribution in [2.45, 2.75) is 13.1 Å². The lowest BCUT2D eigenvalue weighted by molar-refractivity contribution is 0.0951. The van der Waals surface area contributed by atoms with Crippen LogP contribution in [0.1, 0.15) is 21.5 Å². The van der Waals surface area contributed by atoms with E-state index in [1.807, 2.05) is 36.0 Å². The van der Waals surface area contributed by atoms with Crippen molar-refractivity contribution in [1.29, 1.82) is 0 Å². The van der Waals surface area contributed by atoms with Crippen LogP contribution in [-0.2, 0) is 13.1 Å². The standard InChI is InChI=1S/C22H23ClN4OS/c23-21-4-2-1-3-18(21)15-27-16-19(14-25-27)22(28)24-13-17-5-7-20(8-6-17)26-9-11-29-12-10-26/h1-8,14,16H,9-13,15H2,(H,24,28). The Hall–Kier alpha value is -2.44. The Morgan fingerprint density at radius 3 is 2.62 bits per heavy atom. The normalized spacial score (nSPS) is 14.0. The minimum absolute atomic E-state index is 0.132. The van der Waals surface area contributed by atoms with Gasteiger partial charge in [-0.1, -0.05) is 41.9 Å². The lowest BCUT2D eigenvalue weighted by Gasteiger charge is -2.28. The van der Waals surface area contributed by atoms with Crippen molar-refractivity contribution < 1.29 is 4.79 Å². The van der Waals surface area contributed by atoms with Gasteiger partial charge in [0.1, 0.15) is 0 Å². The molecule has 1 N–H and O–H groups in total. The molecule has 150 valence electrons. The fourth-order valence-corrected chi connectivity index (χ4v) is 4.40. The van der Waals surface area contributed by atoms with Gasteiger partial charge < -0.3 is 10.2 Å². The number of nitrogens with zero attached hydrogens (tertiary/aromatic N) is 3. The summed E-state index contributed by atoms with van der Waals surface area (Å²) >= 11 is 8.20. The molecule has 29 heavy (non-hydrogen) atoms. The molecule has 0 unspecified atom stereocenters. The fourth-order valence-electron chi connectivity index (χ4n) is 3.30. The van der Waals surface area contributed by atoms with Gasteiger partial charge >= 0.3 is 0 Å². The summed E-state index contributed by atoms with van der Waals surface area (Å²) in [6.07, 6.45) is 3.33. The molecule has 0 saturated carbocycles. The van der Waals surface area contributed by atoms with E-state index in [0.717, 1.165) is 24.2 Å². The van der Waals surface area contributed by atoms with E-state index in [0.29, 0.717) is 23.7 Å². The predicted molar refractivity (Wildman–Crippen MR) is 120 cm³/mol. The number of hydrogen-bond acceptors (Lipinski definition) is 4. The lowest BCUT2D eigenvalue weighted by atomic mass is 10.2. The third-order valence-electron chi connectivity index (χ3n) is 4.95. The molecule has 1 aromatic heterocycles. The van der Waals surface area contributed by atoms with Crippen LogP contribution in [0.25, 0.3) is 0 Å². The van der Waals surface area contributed by atoms with Crippen molar-refractivity contribution in [3.63, 3.8) is 0 Å². The van der Waals surface area contributed by atoms with E-state index < -0.39 is 0 Å². The van der Waals surface area contributed by atoms with Gasteiger partial charge in [-0.25, -0.2) is 0 Å². The zero-order chi connectivity index (χ0) is 20.1. The van der Waals surface area contributed by atoms with E-state index in [1.165, 1.54) is 17.2 Å². The number of aromatic nitrogens is 2. The molecule has 0 atom stereocenters. The first-order valence-electron chi connectivity index (χ1n) is 9.65. The topological polar surface area (TPSA) is 50.2 Å². The summed E-state index contributed by atoms with van der Waals surface area (Å²) in [7, 11) is 0. The number of rotatable bonds is 6. The zero-order valence-corrected chi connectivity index (χ0v) is 17.6. The van der Waals surface area contributed by atoms with Crippen molar-refractivity contribution in [1.82, 2.24) is 15.1 Å². The van der Waals surface area contributed by atoms with E-state index >= 15 is 0 Å². The highest BCUT2D eigenvalue weighted by molar-refractivity contribution is 7.99.